The average molecular weight is 344 g/mol. The van der Waals surface area contributed by atoms with Gasteiger partial charge in [0.25, 0.3) is 0 Å². The molecule has 0 heterocycles. The molecular weight excluding hydrogens is 331 g/mol. The largest absolute Gasteiger partial charge is 0.0616 e. The first-order chi connectivity index (χ1) is 8.83. The van der Waals surface area contributed by atoms with Crippen LogP contribution in [0.2, 0.25) is 0 Å². The molecular formula is C17H13I. The third kappa shape index (κ3) is 1.50. The zero-order valence-corrected chi connectivity index (χ0v) is 12.2. The summed E-state index contributed by atoms with van der Waals surface area (Å²) in [7, 11) is 0. The summed E-state index contributed by atoms with van der Waals surface area (Å²) in [5.74, 6) is 0. The predicted molar refractivity (Wildman–Crippen MR) is 86.2 cm³/mol. The number of halogens is 1. The molecule has 88 valence electrons. The monoisotopic (exact) mass is 344 g/mol. The SMILES string of the molecule is Ic1cc2cc3c(cc2c2ccccc12)CCC3. The highest BCUT2D eigenvalue weighted by Crippen LogP contribution is 2.34. The van der Waals surface area contributed by atoms with E-state index in [9.17, 15) is 0 Å². The molecule has 0 spiro atoms. The number of aryl methyl sites for hydroxylation is 2. The van der Waals surface area contributed by atoms with Crippen molar-refractivity contribution in [3.8, 4) is 0 Å². The maximum atomic E-state index is 2.45. The number of benzene rings is 3. The number of hydrogen-bond donors (Lipinski definition) is 0. The maximum absolute atomic E-state index is 2.45. The summed E-state index contributed by atoms with van der Waals surface area (Å²) >= 11 is 2.45. The molecule has 3 aromatic rings. The summed E-state index contributed by atoms with van der Waals surface area (Å²) in [4.78, 5) is 0. The zero-order chi connectivity index (χ0) is 12.1. The van der Waals surface area contributed by atoms with Crippen LogP contribution in [0.1, 0.15) is 17.5 Å². The lowest BCUT2D eigenvalue weighted by atomic mass is 9.98. The van der Waals surface area contributed by atoms with Gasteiger partial charge in [0.05, 0.1) is 0 Å². The molecule has 4 rings (SSSR count). The molecule has 18 heavy (non-hydrogen) atoms. The van der Waals surface area contributed by atoms with Gasteiger partial charge in [0, 0.05) is 3.57 Å². The molecule has 0 N–H and O–H groups in total. The highest BCUT2D eigenvalue weighted by molar-refractivity contribution is 14.1. The van der Waals surface area contributed by atoms with Gasteiger partial charge in [-0.1, -0.05) is 36.4 Å². The van der Waals surface area contributed by atoms with E-state index in [1.54, 1.807) is 11.1 Å². The fourth-order valence-corrected chi connectivity index (χ4v) is 3.94. The van der Waals surface area contributed by atoms with Crippen LogP contribution in [0.25, 0.3) is 21.5 Å². The minimum atomic E-state index is 1.26. The molecule has 1 heteroatoms. The number of fused-ring (bicyclic) bond motifs is 4. The zero-order valence-electron chi connectivity index (χ0n) is 10.0. The van der Waals surface area contributed by atoms with Crippen LogP contribution in [0, 0.1) is 3.57 Å². The summed E-state index contributed by atoms with van der Waals surface area (Å²) in [6.07, 6.45) is 3.83. The number of rotatable bonds is 0. The smallest absolute Gasteiger partial charge is 0.0215 e. The van der Waals surface area contributed by atoms with E-state index in [2.05, 4.69) is 65.1 Å². The second-order valence-electron chi connectivity index (χ2n) is 5.10. The summed E-state index contributed by atoms with van der Waals surface area (Å²) in [6, 6.07) is 15.9. The lowest BCUT2D eigenvalue weighted by Gasteiger charge is -2.09. The summed E-state index contributed by atoms with van der Waals surface area (Å²) in [5, 5.41) is 5.60. The van der Waals surface area contributed by atoms with Gasteiger partial charge in [0.1, 0.15) is 0 Å². The van der Waals surface area contributed by atoms with Crippen molar-refractivity contribution in [2.45, 2.75) is 19.3 Å². The normalized spacial score (nSPS) is 14.3. The predicted octanol–water partition coefficient (Wildman–Crippen LogP) is 5.09. The molecule has 0 aliphatic heterocycles. The molecule has 0 fully saturated rings. The molecule has 3 aromatic carbocycles. The van der Waals surface area contributed by atoms with Crippen molar-refractivity contribution < 1.29 is 0 Å². The fourth-order valence-electron chi connectivity index (χ4n) is 3.14. The van der Waals surface area contributed by atoms with Crippen molar-refractivity contribution in [3.63, 3.8) is 0 Å². The minimum Gasteiger partial charge on any atom is -0.0616 e. The molecule has 0 radical (unpaired) electrons. The molecule has 0 bridgehead atoms. The van der Waals surface area contributed by atoms with Crippen LogP contribution in [0.4, 0.5) is 0 Å². The Balaban J connectivity index is 2.21. The first-order valence-corrected chi connectivity index (χ1v) is 7.53. The lowest BCUT2D eigenvalue weighted by molar-refractivity contribution is 0.912. The summed E-state index contributed by atoms with van der Waals surface area (Å²) < 4.78 is 1.36. The second kappa shape index (κ2) is 3.95. The number of hydrogen-bond acceptors (Lipinski definition) is 0. The van der Waals surface area contributed by atoms with Crippen LogP contribution in [-0.2, 0) is 12.8 Å². The van der Waals surface area contributed by atoms with E-state index >= 15 is 0 Å². The van der Waals surface area contributed by atoms with Gasteiger partial charge in [-0.05, 0) is 80.6 Å². The van der Waals surface area contributed by atoms with Crippen LogP contribution in [0.3, 0.4) is 0 Å². The Morgan fingerprint density at radius 1 is 0.778 bits per heavy atom. The molecule has 1 aliphatic carbocycles. The Labute approximate surface area is 120 Å². The average Bonchev–Trinajstić information content (AvgIpc) is 2.84. The van der Waals surface area contributed by atoms with Gasteiger partial charge < -0.3 is 0 Å². The van der Waals surface area contributed by atoms with Crippen molar-refractivity contribution in [2.75, 3.05) is 0 Å². The Bertz CT molecular complexity index is 771. The Morgan fingerprint density at radius 2 is 1.50 bits per heavy atom. The van der Waals surface area contributed by atoms with E-state index in [1.165, 1.54) is 44.4 Å². The topological polar surface area (TPSA) is 0 Å². The van der Waals surface area contributed by atoms with Crippen molar-refractivity contribution in [1.82, 2.24) is 0 Å². The van der Waals surface area contributed by atoms with Crippen LogP contribution < -0.4 is 0 Å². The maximum Gasteiger partial charge on any atom is 0.0215 e. The van der Waals surface area contributed by atoms with Gasteiger partial charge in [-0.3, -0.25) is 0 Å². The van der Waals surface area contributed by atoms with E-state index in [4.69, 9.17) is 0 Å². The molecule has 0 saturated carbocycles. The Kier molecular flexibility index (Phi) is 2.37. The van der Waals surface area contributed by atoms with Crippen LogP contribution in [0.15, 0.2) is 42.5 Å². The van der Waals surface area contributed by atoms with Crippen molar-refractivity contribution in [3.05, 3.63) is 57.2 Å². The van der Waals surface area contributed by atoms with Gasteiger partial charge in [-0.2, -0.15) is 0 Å². The Hall–Kier alpha value is -1.09. The van der Waals surface area contributed by atoms with Crippen molar-refractivity contribution >= 4 is 44.1 Å². The Morgan fingerprint density at radius 3 is 2.33 bits per heavy atom. The fraction of sp³-hybridized carbons (Fsp3) is 0.176. The van der Waals surface area contributed by atoms with E-state index in [1.807, 2.05) is 0 Å². The quantitative estimate of drug-likeness (QED) is 0.394. The van der Waals surface area contributed by atoms with E-state index < -0.39 is 0 Å². The molecule has 0 aromatic heterocycles. The minimum absolute atomic E-state index is 1.26. The van der Waals surface area contributed by atoms with Crippen molar-refractivity contribution in [1.29, 1.82) is 0 Å². The highest BCUT2D eigenvalue weighted by atomic mass is 127. The second-order valence-corrected chi connectivity index (χ2v) is 6.26. The van der Waals surface area contributed by atoms with Crippen LogP contribution >= 0.6 is 22.6 Å². The first-order valence-electron chi connectivity index (χ1n) is 6.46. The first kappa shape index (κ1) is 10.8. The highest BCUT2D eigenvalue weighted by Gasteiger charge is 2.13. The molecule has 0 amide bonds. The van der Waals surface area contributed by atoms with Gasteiger partial charge in [-0.15, -0.1) is 0 Å². The third-order valence-corrected chi connectivity index (χ3v) is 4.91. The van der Waals surface area contributed by atoms with E-state index in [0.717, 1.165) is 0 Å². The third-order valence-electron chi connectivity index (χ3n) is 4.02. The summed E-state index contributed by atoms with van der Waals surface area (Å²) in [5.41, 5.74) is 3.13. The lowest BCUT2D eigenvalue weighted by Crippen LogP contribution is -1.87. The van der Waals surface area contributed by atoms with Crippen LogP contribution in [0.5, 0.6) is 0 Å². The van der Waals surface area contributed by atoms with E-state index in [0.29, 0.717) is 0 Å². The summed E-state index contributed by atoms with van der Waals surface area (Å²) in [6.45, 7) is 0. The van der Waals surface area contributed by atoms with Crippen LogP contribution in [-0.4, -0.2) is 0 Å². The van der Waals surface area contributed by atoms with Gasteiger partial charge in [0.15, 0.2) is 0 Å². The van der Waals surface area contributed by atoms with Gasteiger partial charge in [-0.25, -0.2) is 0 Å². The van der Waals surface area contributed by atoms with Gasteiger partial charge in [0.2, 0.25) is 0 Å². The van der Waals surface area contributed by atoms with Gasteiger partial charge >= 0.3 is 0 Å². The molecule has 0 unspecified atom stereocenters. The molecule has 1 aliphatic rings. The molecule has 0 atom stereocenters. The van der Waals surface area contributed by atoms with Crippen molar-refractivity contribution in [2.24, 2.45) is 0 Å². The molecule has 0 saturated heterocycles. The molecule has 0 nitrogen and oxygen atoms in total. The van der Waals surface area contributed by atoms with E-state index in [-0.39, 0.29) is 0 Å². The standard InChI is InChI=1S/C17H13I/c18-17-10-13-8-11-4-3-5-12(11)9-16(13)14-6-1-2-7-15(14)17/h1-2,6-10H,3-5H2.